The van der Waals surface area contributed by atoms with Crippen LogP contribution in [0.1, 0.15) is 36.3 Å². The van der Waals surface area contributed by atoms with Gasteiger partial charge in [0.2, 0.25) is 0 Å². The van der Waals surface area contributed by atoms with Crippen molar-refractivity contribution in [1.29, 1.82) is 0 Å². The zero-order chi connectivity index (χ0) is 14.2. The van der Waals surface area contributed by atoms with Crippen LogP contribution in [0.4, 0.5) is 0 Å². The maximum Gasteiger partial charge on any atom is 0.276 e. The van der Waals surface area contributed by atoms with Gasteiger partial charge in [0, 0.05) is 33.3 Å². The van der Waals surface area contributed by atoms with Crippen molar-refractivity contribution in [3.05, 3.63) is 11.9 Å². The van der Waals surface area contributed by atoms with E-state index in [1.807, 2.05) is 11.8 Å². The van der Waals surface area contributed by atoms with Crippen molar-refractivity contribution in [2.75, 3.05) is 33.3 Å². The molecule has 0 saturated carbocycles. The molecule has 3 rings (SSSR count). The number of nitrogens with zero attached hydrogens (tertiary/aromatic N) is 4. The number of carbonyl (C=O) groups excluding carboxylic acids is 1. The van der Waals surface area contributed by atoms with Crippen LogP contribution in [-0.4, -0.2) is 64.7 Å². The highest BCUT2D eigenvalue weighted by molar-refractivity contribution is 5.92. The number of piperidine rings is 1. The van der Waals surface area contributed by atoms with Gasteiger partial charge in [-0.2, -0.15) is 0 Å². The van der Waals surface area contributed by atoms with E-state index in [-0.39, 0.29) is 11.5 Å². The van der Waals surface area contributed by atoms with Gasteiger partial charge in [0.25, 0.3) is 5.91 Å². The van der Waals surface area contributed by atoms with Gasteiger partial charge in [-0.05, 0) is 19.8 Å². The van der Waals surface area contributed by atoms with Crippen molar-refractivity contribution < 1.29 is 9.53 Å². The molecule has 1 unspecified atom stereocenters. The smallest absolute Gasteiger partial charge is 0.276 e. The minimum Gasteiger partial charge on any atom is -0.377 e. The molecule has 1 N–H and O–H groups in total. The third-order valence-corrected chi connectivity index (χ3v) is 4.30. The Morgan fingerprint density at radius 1 is 1.55 bits per heavy atom. The van der Waals surface area contributed by atoms with Crippen molar-refractivity contribution in [2.24, 2.45) is 0 Å². The third kappa shape index (κ3) is 2.43. The fourth-order valence-corrected chi connectivity index (χ4v) is 2.72. The molecule has 2 aliphatic rings. The van der Waals surface area contributed by atoms with Crippen LogP contribution in [0.25, 0.3) is 0 Å². The Hall–Kier alpha value is -1.47. The molecule has 7 nitrogen and oxygen atoms in total. The summed E-state index contributed by atoms with van der Waals surface area (Å²) < 4.78 is 7.30. The molecular weight excluding hydrogens is 258 g/mol. The lowest BCUT2D eigenvalue weighted by Crippen LogP contribution is -2.49. The number of aromatic nitrogens is 3. The van der Waals surface area contributed by atoms with Crippen molar-refractivity contribution in [3.8, 4) is 0 Å². The van der Waals surface area contributed by atoms with Crippen LogP contribution in [-0.2, 0) is 4.74 Å². The molecular formula is C13H21N5O2. The molecule has 110 valence electrons. The lowest BCUT2D eigenvalue weighted by Gasteiger charge is -2.39. The van der Waals surface area contributed by atoms with Crippen LogP contribution >= 0.6 is 0 Å². The number of hydrogen-bond donors (Lipinski definition) is 1. The van der Waals surface area contributed by atoms with Gasteiger partial charge < -0.3 is 15.0 Å². The van der Waals surface area contributed by atoms with Gasteiger partial charge in [-0.1, -0.05) is 5.21 Å². The fourth-order valence-electron chi connectivity index (χ4n) is 2.72. The predicted molar refractivity (Wildman–Crippen MR) is 72.5 cm³/mol. The first-order valence-electron chi connectivity index (χ1n) is 7.08. The van der Waals surface area contributed by atoms with E-state index in [1.165, 1.54) is 0 Å². The molecule has 2 fully saturated rings. The van der Waals surface area contributed by atoms with E-state index < -0.39 is 0 Å². The van der Waals surface area contributed by atoms with E-state index in [0.717, 1.165) is 32.5 Å². The summed E-state index contributed by atoms with van der Waals surface area (Å²) >= 11 is 0. The van der Waals surface area contributed by atoms with Gasteiger partial charge in [-0.15, -0.1) is 5.10 Å². The Morgan fingerprint density at radius 2 is 2.35 bits per heavy atom. The topological polar surface area (TPSA) is 72.3 Å². The van der Waals surface area contributed by atoms with E-state index in [1.54, 1.807) is 18.0 Å². The average molecular weight is 279 g/mol. The van der Waals surface area contributed by atoms with Crippen LogP contribution in [0.3, 0.4) is 0 Å². The summed E-state index contributed by atoms with van der Waals surface area (Å²) in [6.07, 6.45) is 3.69. The Morgan fingerprint density at radius 3 is 3.00 bits per heavy atom. The molecule has 20 heavy (non-hydrogen) atoms. The molecule has 3 heterocycles. The molecule has 1 aromatic heterocycles. The van der Waals surface area contributed by atoms with Crippen molar-refractivity contribution in [2.45, 2.75) is 31.4 Å². The normalized spacial score (nSPS) is 27.4. The zero-order valence-electron chi connectivity index (χ0n) is 12.0. The highest BCUT2D eigenvalue weighted by Crippen LogP contribution is 2.24. The second-order valence-corrected chi connectivity index (χ2v) is 5.88. The highest BCUT2D eigenvalue weighted by Gasteiger charge is 2.34. The molecule has 0 spiro atoms. The van der Waals surface area contributed by atoms with Gasteiger partial charge in [0.05, 0.1) is 17.8 Å². The Labute approximate surface area is 118 Å². The summed E-state index contributed by atoms with van der Waals surface area (Å²) in [6.45, 7) is 5.20. The molecule has 2 aliphatic heterocycles. The average Bonchev–Trinajstić information content (AvgIpc) is 2.85. The number of nitrogens with one attached hydrogen (secondary N) is 1. The van der Waals surface area contributed by atoms with Gasteiger partial charge in [-0.25, -0.2) is 4.68 Å². The monoisotopic (exact) mass is 279 g/mol. The molecule has 1 amide bonds. The van der Waals surface area contributed by atoms with Crippen LogP contribution in [0, 0.1) is 0 Å². The first-order valence-corrected chi connectivity index (χ1v) is 7.08. The van der Waals surface area contributed by atoms with E-state index in [2.05, 4.69) is 15.6 Å². The van der Waals surface area contributed by atoms with E-state index in [9.17, 15) is 4.79 Å². The van der Waals surface area contributed by atoms with Gasteiger partial charge >= 0.3 is 0 Å². The summed E-state index contributed by atoms with van der Waals surface area (Å²) in [7, 11) is 1.70. The Kier molecular flexibility index (Phi) is 3.47. The maximum absolute atomic E-state index is 12.5. The number of hydrogen-bond acceptors (Lipinski definition) is 5. The Balaban J connectivity index is 1.70. The highest BCUT2D eigenvalue weighted by atomic mass is 16.5. The first kappa shape index (κ1) is 13.5. The van der Waals surface area contributed by atoms with Gasteiger partial charge in [-0.3, -0.25) is 4.79 Å². The molecule has 7 heteroatoms. The first-order chi connectivity index (χ1) is 9.61. The quantitative estimate of drug-likeness (QED) is 0.847. The number of likely N-dealkylation sites (tertiary alicyclic amines) is 1. The minimum absolute atomic E-state index is 0.0495. The van der Waals surface area contributed by atoms with Crippen molar-refractivity contribution in [1.82, 2.24) is 25.2 Å². The standard InChI is InChI=1S/C13H21N5O2/c1-13(20-2)4-3-5-17(9-13)12(19)11-8-18(16-15-11)10-6-14-7-10/h8,10,14H,3-7,9H2,1-2H3. The number of carbonyl (C=O) groups is 1. The lowest BCUT2D eigenvalue weighted by molar-refractivity contribution is -0.0441. The van der Waals surface area contributed by atoms with Crippen LogP contribution in [0.2, 0.25) is 0 Å². The van der Waals surface area contributed by atoms with Crippen molar-refractivity contribution in [3.63, 3.8) is 0 Å². The number of ether oxygens (including phenoxy) is 1. The summed E-state index contributed by atoms with van der Waals surface area (Å²) in [5.41, 5.74) is 0.180. The van der Waals surface area contributed by atoms with Crippen molar-refractivity contribution >= 4 is 5.91 Å². The lowest BCUT2D eigenvalue weighted by atomic mass is 9.94. The van der Waals surface area contributed by atoms with Gasteiger partial charge in [0.15, 0.2) is 5.69 Å². The van der Waals surface area contributed by atoms with Crippen LogP contribution < -0.4 is 5.32 Å². The minimum atomic E-state index is -0.248. The summed E-state index contributed by atoms with van der Waals surface area (Å²) in [5, 5.41) is 11.3. The second-order valence-electron chi connectivity index (χ2n) is 5.88. The van der Waals surface area contributed by atoms with Gasteiger partial charge in [0.1, 0.15) is 0 Å². The Bertz CT molecular complexity index is 499. The molecule has 1 atom stereocenters. The maximum atomic E-state index is 12.5. The predicted octanol–water partition coefficient (Wildman–Crippen LogP) is 0.0635. The summed E-state index contributed by atoms with van der Waals surface area (Å²) in [6, 6.07) is 0.328. The van der Waals surface area contributed by atoms with E-state index in [4.69, 9.17) is 4.74 Å². The SMILES string of the molecule is COC1(C)CCCN(C(=O)c2cn(C3CNC3)nn2)C1. The fraction of sp³-hybridized carbons (Fsp3) is 0.769. The second kappa shape index (κ2) is 5.14. The molecule has 0 aromatic carbocycles. The molecule has 0 bridgehead atoms. The van der Waals surface area contributed by atoms with Crippen LogP contribution in [0.5, 0.6) is 0 Å². The zero-order valence-corrected chi connectivity index (χ0v) is 12.0. The molecule has 0 aliphatic carbocycles. The summed E-state index contributed by atoms with van der Waals surface area (Å²) in [5.74, 6) is -0.0495. The number of rotatable bonds is 3. The molecule has 0 radical (unpaired) electrons. The van der Waals surface area contributed by atoms with E-state index in [0.29, 0.717) is 18.3 Å². The molecule has 1 aromatic rings. The molecule has 2 saturated heterocycles. The summed E-state index contributed by atoms with van der Waals surface area (Å²) in [4.78, 5) is 14.3. The largest absolute Gasteiger partial charge is 0.377 e. The number of amides is 1. The third-order valence-electron chi connectivity index (χ3n) is 4.30. The van der Waals surface area contributed by atoms with E-state index >= 15 is 0 Å². The number of methoxy groups -OCH3 is 1. The van der Waals surface area contributed by atoms with Crippen LogP contribution in [0.15, 0.2) is 6.20 Å².